The molecule has 158 valence electrons. The Morgan fingerprint density at radius 1 is 1.03 bits per heavy atom. The van der Waals surface area contributed by atoms with Gasteiger partial charge in [-0.15, -0.1) is 0 Å². The summed E-state index contributed by atoms with van der Waals surface area (Å²) in [6, 6.07) is 21.8. The lowest BCUT2D eigenvalue weighted by Crippen LogP contribution is -2.34. The highest BCUT2D eigenvalue weighted by atomic mass is 79.9. The first-order chi connectivity index (χ1) is 15.0. The van der Waals surface area contributed by atoms with Gasteiger partial charge in [0.1, 0.15) is 12.4 Å². The van der Waals surface area contributed by atoms with Crippen LogP contribution in [0.25, 0.3) is 0 Å². The number of nitrogens with one attached hydrogen (secondary N) is 2. The van der Waals surface area contributed by atoms with Crippen molar-refractivity contribution in [2.45, 2.75) is 6.61 Å². The van der Waals surface area contributed by atoms with Crippen LogP contribution in [-0.2, 0) is 11.4 Å². The smallest absolute Gasteiger partial charge is 0.259 e. The van der Waals surface area contributed by atoms with Gasteiger partial charge in [-0.1, -0.05) is 63.9 Å². The average molecular weight is 501 g/mol. The fourth-order valence-corrected chi connectivity index (χ4v) is 3.10. The Labute approximate surface area is 193 Å². The quantitative estimate of drug-likeness (QED) is 0.351. The molecule has 0 aliphatic rings. The van der Waals surface area contributed by atoms with Gasteiger partial charge in [0.25, 0.3) is 11.8 Å². The van der Waals surface area contributed by atoms with Gasteiger partial charge in [0.05, 0.1) is 12.8 Å². The topological polar surface area (TPSA) is 79.8 Å². The van der Waals surface area contributed by atoms with Crippen molar-refractivity contribution in [1.29, 1.82) is 0 Å². The lowest BCUT2D eigenvalue weighted by molar-refractivity contribution is -0.120. The molecule has 0 fully saturated rings. The molecular weight excluding hydrogens is 482 g/mol. The molecule has 8 heteroatoms. The monoisotopic (exact) mass is 499 g/mol. The van der Waals surface area contributed by atoms with E-state index >= 15 is 0 Å². The molecular formula is C23H19BrClN3O3. The molecule has 0 spiro atoms. The summed E-state index contributed by atoms with van der Waals surface area (Å²) in [5.41, 5.74) is 4.55. The molecule has 0 aliphatic heterocycles. The van der Waals surface area contributed by atoms with Crippen LogP contribution >= 0.6 is 27.5 Å². The third-order valence-electron chi connectivity index (χ3n) is 4.10. The van der Waals surface area contributed by atoms with Crippen molar-refractivity contribution < 1.29 is 14.3 Å². The van der Waals surface area contributed by atoms with E-state index in [9.17, 15) is 9.59 Å². The third-order valence-corrected chi connectivity index (χ3v) is 5.06. The molecule has 0 atom stereocenters. The van der Waals surface area contributed by atoms with Gasteiger partial charge < -0.3 is 10.1 Å². The Morgan fingerprint density at radius 2 is 1.84 bits per heavy atom. The zero-order valence-corrected chi connectivity index (χ0v) is 18.7. The maximum Gasteiger partial charge on any atom is 0.259 e. The molecule has 3 aromatic carbocycles. The molecule has 0 heterocycles. The summed E-state index contributed by atoms with van der Waals surface area (Å²) < 4.78 is 6.60. The van der Waals surface area contributed by atoms with Gasteiger partial charge in [-0.25, -0.2) is 5.43 Å². The first-order valence-electron chi connectivity index (χ1n) is 9.33. The van der Waals surface area contributed by atoms with Gasteiger partial charge in [0, 0.05) is 20.6 Å². The number of hydrogen-bond donors (Lipinski definition) is 2. The van der Waals surface area contributed by atoms with Crippen LogP contribution in [-0.4, -0.2) is 24.6 Å². The molecule has 2 N–H and O–H groups in total. The lowest BCUT2D eigenvalue weighted by atomic mass is 10.2. The minimum atomic E-state index is -0.459. The first-order valence-corrected chi connectivity index (χ1v) is 10.5. The zero-order chi connectivity index (χ0) is 22.1. The summed E-state index contributed by atoms with van der Waals surface area (Å²) >= 11 is 9.31. The molecule has 2 amide bonds. The summed E-state index contributed by atoms with van der Waals surface area (Å²) in [5.74, 6) is -0.180. The van der Waals surface area contributed by atoms with E-state index in [4.69, 9.17) is 16.3 Å². The van der Waals surface area contributed by atoms with Crippen LogP contribution in [0.3, 0.4) is 0 Å². The average Bonchev–Trinajstić information content (AvgIpc) is 2.78. The van der Waals surface area contributed by atoms with E-state index < -0.39 is 11.8 Å². The SMILES string of the molecule is O=C(CNC(=O)c1cccc(Cl)c1)N/N=C/c1cc(OCc2ccccc2)ccc1Br. The molecule has 3 rings (SSSR count). The van der Waals surface area contributed by atoms with Crippen LogP contribution in [0.15, 0.2) is 82.4 Å². The predicted molar refractivity (Wildman–Crippen MR) is 124 cm³/mol. The molecule has 0 bridgehead atoms. The summed E-state index contributed by atoms with van der Waals surface area (Å²) in [7, 11) is 0. The van der Waals surface area contributed by atoms with E-state index in [1.807, 2.05) is 48.5 Å². The molecule has 3 aromatic rings. The van der Waals surface area contributed by atoms with Gasteiger partial charge in [-0.2, -0.15) is 5.10 Å². The number of halogens is 2. The maximum absolute atomic E-state index is 12.0. The highest BCUT2D eigenvalue weighted by Gasteiger charge is 2.08. The number of hydrazone groups is 1. The Bertz CT molecular complexity index is 1090. The van der Waals surface area contributed by atoms with E-state index in [0.717, 1.165) is 15.6 Å². The number of ether oxygens (including phenoxy) is 1. The highest BCUT2D eigenvalue weighted by molar-refractivity contribution is 9.10. The number of carbonyl (C=O) groups excluding carboxylic acids is 2. The van der Waals surface area contributed by atoms with Crippen molar-refractivity contribution in [2.24, 2.45) is 5.10 Å². The summed E-state index contributed by atoms with van der Waals surface area (Å²) in [4.78, 5) is 24.0. The van der Waals surface area contributed by atoms with Crippen LogP contribution < -0.4 is 15.5 Å². The standard InChI is InChI=1S/C23H19BrClN3O3/c24-21-10-9-20(31-15-16-5-2-1-3-6-16)12-18(21)13-27-28-22(29)14-26-23(30)17-7-4-8-19(25)11-17/h1-13H,14-15H2,(H,26,30)(H,28,29)/b27-13+. The number of carbonyl (C=O) groups is 2. The predicted octanol–water partition coefficient (Wildman–Crippen LogP) is 4.56. The summed E-state index contributed by atoms with van der Waals surface area (Å²) in [6.07, 6.45) is 1.50. The van der Waals surface area contributed by atoms with Crippen LogP contribution in [0.4, 0.5) is 0 Å². The Kier molecular flexibility index (Phi) is 8.20. The van der Waals surface area contributed by atoms with E-state index in [1.54, 1.807) is 18.2 Å². The van der Waals surface area contributed by atoms with Crippen molar-refractivity contribution in [2.75, 3.05) is 6.54 Å². The molecule has 0 unspecified atom stereocenters. The van der Waals surface area contributed by atoms with Crippen molar-refractivity contribution in [3.8, 4) is 5.75 Å². The first kappa shape index (κ1) is 22.5. The van der Waals surface area contributed by atoms with Crippen molar-refractivity contribution in [3.05, 3.63) is 99.0 Å². The minimum absolute atomic E-state index is 0.218. The second-order valence-electron chi connectivity index (χ2n) is 6.44. The highest BCUT2D eigenvalue weighted by Crippen LogP contribution is 2.22. The fraction of sp³-hybridized carbons (Fsp3) is 0.0870. The number of amides is 2. The van der Waals surface area contributed by atoms with Crippen LogP contribution in [0.5, 0.6) is 5.75 Å². The van der Waals surface area contributed by atoms with E-state index in [2.05, 4.69) is 31.8 Å². The van der Waals surface area contributed by atoms with Gasteiger partial charge in [-0.3, -0.25) is 9.59 Å². The second kappa shape index (κ2) is 11.3. The second-order valence-corrected chi connectivity index (χ2v) is 7.73. The van der Waals surface area contributed by atoms with E-state index in [-0.39, 0.29) is 6.54 Å². The van der Waals surface area contributed by atoms with Crippen LogP contribution in [0.2, 0.25) is 5.02 Å². The third kappa shape index (κ3) is 7.24. The van der Waals surface area contributed by atoms with Crippen molar-refractivity contribution >= 4 is 45.6 Å². The zero-order valence-electron chi connectivity index (χ0n) is 16.3. The Balaban J connectivity index is 1.50. The van der Waals surface area contributed by atoms with Gasteiger partial charge in [0.15, 0.2) is 0 Å². The van der Waals surface area contributed by atoms with Gasteiger partial charge in [0.2, 0.25) is 0 Å². The van der Waals surface area contributed by atoms with Gasteiger partial charge in [-0.05, 0) is 42.0 Å². The maximum atomic E-state index is 12.0. The van der Waals surface area contributed by atoms with E-state index in [1.165, 1.54) is 12.3 Å². The molecule has 0 saturated carbocycles. The largest absolute Gasteiger partial charge is 0.489 e. The Hall–Kier alpha value is -3.16. The van der Waals surface area contributed by atoms with Crippen molar-refractivity contribution in [1.82, 2.24) is 10.7 Å². The van der Waals surface area contributed by atoms with E-state index in [0.29, 0.717) is 22.9 Å². The number of benzene rings is 3. The normalized spacial score (nSPS) is 10.6. The summed E-state index contributed by atoms with van der Waals surface area (Å²) in [5, 5.41) is 6.91. The minimum Gasteiger partial charge on any atom is -0.489 e. The fourth-order valence-electron chi connectivity index (χ4n) is 2.56. The van der Waals surface area contributed by atoms with Crippen molar-refractivity contribution in [3.63, 3.8) is 0 Å². The molecule has 0 aliphatic carbocycles. The number of nitrogens with zero attached hydrogens (tertiary/aromatic N) is 1. The molecule has 31 heavy (non-hydrogen) atoms. The molecule has 6 nitrogen and oxygen atoms in total. The number of hydrogen-bond acceptors (Lipinski definition) is 4. The van der Waals surface area contributed by atoms with Crippen LogP contribution in [0.1, 0.15) is 21.5 Å². The van der Waals surface area contributed by atoms with Gasteiger partial charge >= 0.3 is 0 Å². The molecule has 0 saturated heterocycles. The lowest BCUT2D eigenvalue weighted by Gasteiger charge is -2.08. The Morgan fingerprint density at radius 3 is 2.61 bits per heavy atom. The van der Waals surface area contributed by atoms with Crippen LogP contribution in [0, 0.1) is 0 Å². The molecule has 0 aromatic heterocycles. The summed E-state index contributed by atoms with van der Waals surface area (Å²) in [6.45, 7) is 0.228. The molecule has 0 radical (unpaired) electrons. The number of rotatable bonds is 8.